The molecule has 0 amide bonds. The Labute approximate surface area is 76.3 Å². The first-order valence-corrected chi connectivity index (χ1v) is 5.16. The minimum Gasteiger partial charge on any atom is -0.320 e. The number of nitrogens with one attached hydrogen (secondary N) is 1. The highest BCUT2D eigenvalue weighted by Crippen LogP contribution is 2.19. The molecule has 1 heterocycles. The Kier molecular flexibility index (Phi) is 4.62. The van der Waals surface area contributed by atoms with Gasteiger partial charge in [-0.15, -0.1) is 0 Å². The van der Waals surface area contributed by atoms with Crippen molar-refractivity contribution in [2.24, 2.45) is 5.92 Å². The molecule has 0 aromatic carbocycles. The van der Waals surface area contributed by atoms with Crippen LogP contribution in [0.5, 0.6) is 0 Å². The predicted octanol–water partition coefficient (Wildman–Crippen LogP) is 1.33. The Balaban J connectivity index is 1.93. The molecule has 0 saturated carbocycles. The summed E-state index contributed by atoms with van der Waals surface area (Å²) in [5.41, 5.74) is 0. The second kappa shape index (κ2) is 5.55. The summed E-state index contributed by atoms with van der Waals surface area (Å²) >= 11 is 0. The highest BCUT2D eigenvalue weighted by Gasteiger charge is 2.18. The van der Waals surface area contributed by atoms with Crippen molar-refractivity contribution in [1.82, 2.24) is 10.2 Å². The first-order valence-electron chi connectivity index (χ1n) is 5.16. The van der Waals surface area contributed by atoms with E-state index in [1.165, 1.54) is 45.3 Å². The standard InChI is InChI=1S/C10H22N2/c1-11-7-4-3-5-10-6-8-12(2)9-10/h10-11H,3-9H2,1-2H3. The lowest BCUT2D eigenvalue weighted by atomic mass is 10.0. The Hall–Kier alpha value is -0.0800. The molecule has 2 heteroatoms. The Morgan fingerprint density at radius 3 is 2.83 bits per heavy atom. The van der Waals surface area contributed by atoms with Gasteiger partial charge in [-0.3, -0.25) is 0 Å². The molecule has 72 valence electrons. The van der Waals surface area contributed by atoms with Crippen LogP contribution in [0.3, 0.4) is 0 Å². The molecule has 0 spiro atoms. The van der Waals surface area contributed by atoms with Crippen molar-refractivity contribution < 1.29 is 0 Å². The monoisotopic (exact) mass is 170 g/mol. The van der Waals surface area contributed by atoms with Gasteiger partial charge in [-0.2, -0.15) is 0 Å². The van der Waals surface area contributed by atoms with E-state index in [9.17, 15) is 0 Å². The molecule has 0 aromatic heterocycles. The fourth-order valence-corrected chi connectivity index (χ4v) is 2.00. The molecule has 0 aliphatic carbocycles. The Morgan fingerprint density at radius 1 is 1.42 bits per heavy atom. The van der Waals surface area contributed by atoms with E-state index in [0.29, 0.717) is 0 Å². The van der Waals surface area contributed by atoms with E-state index in [0.717, 1.165) is 5.92 Å². The molecule has 2 nitrogen and oxygen atoms in total. The van der Waals surface area contributed by atoms with Crippen molar-refractivity contribution in [1.29, 1.82) is 0 Å². The van der Waals surface area contributed by atoms with Crippen LogP contribution >= 0.6 is 0 Å². The minimum absolute atomic E-state index is 0.992. The van der Waals surface area contributed by atoms with Crippen LogP contribution in [0, 0.1) is 5.92 Å². The van der Waals surface area contributed by atoms with Gasteiger partial charge in [-0.1, -0.05) is 6.42 Å². The van der Waals surface area contributed by atoms with Crippen molar-refractivity contribution in [3.05, 3.63) is 0 Å². The van der Waals surface area contributed by atoms with Gasteiger partial charge in [-0.05, 0) is 52.4 Å². The number of likely N-dealkylation sites (tertiary alicyclic amines) is 1. The normalized spacial score (nSPS) is 25.0. The Morgan fingerprint density at radius 2 is 2.25 bits per heavy atom. The second-order valence-corrected chi connectivity index (χ2v) is 4.02. The SMILES string of the molecule is CNCCCCC1CCN(C)C1. The average Bonchev–Trinajstić information content (AvgIpc) is 2.45. The zero-order valence-electron chi connectivity index (χ0n) is 8.47. The van der Waals surface area contributed by atoms with Crippen LogP contribution in [-0.2, 0) is 0 Å². The highest BCUT2D eigenvalue weighted by atomic mass is 15.1. The van der Waals surface area contributed by atoms with Crippen LogP contribution in [0.1, 0.15) is 25.7 Å². The maximum Gasteiger partial charge on any atom is 0.000708 e. The summed E-state index contributed by atoms with van der Waals surface area (Å²) in [4.78, 5) is 2.45. The van der Waals surface area contributed by atoms with Gasteiger partial charge in [-0.25, -0.2) is 0 Å². The second-order valence-electron chi connectivity index (χ2n) is 4.02. The van der Waals surface area contributed by atoms with Crippen LogP contribution in [0.25, 0.3) is 0 Å². The van der Waals surface area contributed by atoms with Crippen LogP contribution in [0.15, 0.2) is 0 Å². The average molecular weight is 170 g/mol. The summed E-state index contributed by atoms with van der Waals surface area (Å²) < 4.78 is 0. The lowest BCUT2D eigenvalue weighted by molar-refractivity contribution is 0.383. The van der Waals surface area contributed by atoms with Crippen LogP contribution in [-0.4, -0.2) is 38.6 Å². The lowest BCUT2D eigenvalue weighted by Crippen LogP contribution is -2.14. The van der Waals surface area contributed by atoms with Gasteiger partial charge >= 0.3 is 0 Å². The van der Waals surface area contributed by atoms with E-state index < -0.39 is 0 Å². The summed E-state index contributed by atoms with van der Waals surface area (Å²) in [6.45, 7) is 3.83. The number of nitrogens with zero attached hydrogens (tertiary/aromatic N) is 1. The molecule has 1 fully saturated rings. The van der Waals surface area contributed by atoms with E-state index in [1.54, 1.807) is 0 Å². The van der Waals surface area contributed by atoms with Crippen molar-refractivity contribution in [2.45, 2.75) is 25.7 Å². The van der Waals surface area contributed by atoms with Crippen molar-refractivity contribution >= 4 is 0 Å². The van der Waals surface area contributed by atoms with Gasteiger partial charge < -0.3 is 10.2 Å². The molecular formula is C10H22N2. The molecule has 1 N–H and O–H groups in total. The maximum absolute atomic E-state index is 3.19. The fourth-order valence-electron chi connectivity index (χ4n) is 2.00. The molecule has 12 heavy (non-hydrogen) atoms. The van der Waals surface area contributed by atoms with Gasteiger partial charge in [0.2, 0.25) is 0 Å². The zero-order valence-corrected chi connectivity index (χ0v) is 8.47. The van der Waals surface area contributed by atoms with E-state index in [1.807, 2.05) is 7.05 Å². The van der Waals surface area contributed by atoms with Gasteiger partial charge in [0.1, 0.15) is 0 Å². The molecule has 1 aliphatic heterocycles. The molecule has 0 aromatic rings. The summed E-state index contributed by atoms with van der Waals surface area (Å²) in [6.07, 6.45) is 5.61. The summed E-state index contributed by atoms with van der Waals surface area (Å²) in [5.74, 6) is 0.992. The van der Waals surface area contributed by atoms with Gasteiger partial charge in [0.15, 0.2) is 0 Å². The van der Waals surface area contributed by atoms with Crippen molar-refractivity contribution in [2.75, 3.05) is 33.7 Å². The molecular weight excluding hydrogens is 148 g/mol. The zero-order chi connectivity index (χ0) is 8.81. The molecule has 0 radical (unpaired) electrons. The quantitative estimate of drug-likeness (QED) is 0.626. The van der Waals surface area contributed by atoms with Gasteiger partial charge in [0, 0.05) is 6.54 Å². The van der Waals surface area contributed by atoms with Crippen molar-refractivity contribution in [3.63, 3.8) is 0 Å². The van der Waals surface area contributed by atoms with Crippen molar-refractivity contribution in [3.8, 4) is 0 Å². The van der Waals surface area contributed by atoms with Gasteiger partial charge in [0.25, 0.3) is 0 Å². The number of hydrogen-bond donors (Lipinski definition) is 1. The molecule has 1 saturated heterocycles. The molecule has 0 bridgehead atoms. The fraction of sp³-hybridized carbons (Fsp3) is 1.00. The molecule has 1 aliphatic rings. The molecule has 1 unspecified atom stereocenters. The van der Waals surface area contributed by atoms with E-state index in [4.69, 9.17) is 0 Å². The van der Waals surface area contributed by atoms with Gasteiger partial charge in [0.05, 0.1) is 0 Å². The van der Waals surface area contributed by atoms with Crippen LogP contribution in [0.2, 0.25) is 0 Å². The first kappa shape index (κ1) is 10.0. The van der Waals surface area contributed by atoms with E-state index in [2.05, 4.69) is 17.3 Å². The Bertz CT molecular complexity index is 114. The predicted molar refractivity (Wildman–Crippen MR) is 53.4 cm³/mol. The maximum atomic E-state index is 3.19. The number of unbranched alkanes of at least 4 members (excludes halogenated alkanes) is 1. The van der Waals surface area contributed by atoms with E-state index >= 15 is 0 Å². The summed E-state index contributed by atoms with van der Waals surface area (Å²) in [7, 11) is 4.26. The third-order valence-electron chi connectivity index (χ3n) is 2.78. The highest BCUT2D eigenvalue weighted by molar-refractivity contribution is 4.72. The largest absolute Gasteiger partial charge is 0.320 e. The summed E-state index contributed by atoms with van der Waals surface area (Å²) in [6, 6.07) is 0. The first-order chi connectivity index (χ1) is 5.83. The van der Waals surface area contributed by atoms with Crippen LogP contribution in [0.4, 0.5) is 0 Å². The number of rotatable bonds is 5. The van der Waals surface area contributed by atoms with E-state index in [-0.39, 0.29) is 0 Å². The topological polar surface area (TPSA) is 15.3 Å². The van der Waals surface area contributed by atoms with Crippen LogP contribution < -0.4 is 5.32 Å². The molecule has 1 rings (SSSR count). The smallest absolute Gasteiger partial charge is 0.000708 e. The molecule has 1 atom stereocenters. The third kappa shape index (κ3) is 3.55. The third-order valence-corrected chi connectivity index (χ3v) is 2.78. The minimum atomic E-state index is 0.992. The lowest BCUT2D eigenvalue weighted by Gasteiger charge is -2.09. The number of hydrogen-bond acceptors (Lipinski definition) is 2. The summed E-state index contributed by atoms with van der Waals surface area (Å²) in [5, 5.41) is 3.19.